The highest BCUT2D eigenvalue weighted by atomic mass is 32.2. The zero-order chi connectivity index (χ0) is 17.9. The Morgan fingerprint density at radius 2 is 2.12 bits per heavy atom. The summed E-state index contributed by atoms with van der Waals surface area (Å²) in [5.74, 6) is 0.608. The molecule has 0 N–H and O–H groups in total. The minimum Gasteiger partial charge on any atom is -0.339 e. The van der Waals surface area contributed by atoms with E-state index in [9.17, 15) is 4.79 Å². The molecule has 1 saturated heterocycles. The number of aromatic nitrogens is 3. The van der Waals surface area contributed by atoms with Gasteiger partial charge in [0, 0.05) is 18.2 Å². The van der Waals surface area contributed by atoms with Crippen molar-refractivity contribution in [3.8, 4) is 11.3 Å². The van der Waals surface area contributed by atoms with E-state index in [-0.39, 0.29) is 5.91 Å². The van der Waals surface area contributed by atoms with Gasteiger partial charge in [0.1, 0.15) is 27.3 Å². The fourth-order valence-corrected chi connectivity index (χ4v) is 5.12. The van der Waals surface area contributed by atoms with E-state index in [2.05, 4.69) is 21.3 Å². The lowest BCUT2D eigenvalue weighted by atomic mass is 10.0. The fraction of sp³-hybridized carbons (Fsp3) is 0.368. The van der Waals surface area contributed by atoms with Crippen molar-refractivity contribution in [3.05, 3.63) is 36.7 Å². The van der Waals surface area contributed by atoms with Gasteiger partial charge in [0.2, 0.25) is 5.91 Å². The Morgan fingerprint density at radius 3 is 2.92 bits per heavy atom. The SMILES string of the molecule is CC1CCCCN1C(=O)CSc1ncnc2c(-c3ccccc3)nsc12. The number of benzene rings is 1. The largest absolute Gasteiger partial charge is 0.339 e. The van der Waals surface area contributed by atoms with Crippen LogP contribution in [0.2, 0.25) is 0 Å². The summed E-state index contributed by atoms with van der Waals surface area (Å²) in [4.78, 5) is 23.4. The van der Waals surface area contributed by atoms with E-state index in [0.717, 1.165) is 45.9 Å². The summed E-state index contributed by atoms with van der Waals surface area (Å²) >= 11 is 2.89. The lowest BCUT2D eigenvalue weighted by Gasteiger charge is -2.33. The molecule has 0 radical (unpaired) electrons. The number of likely N-dealkylation sites (tertiary alicyclic amines) is 1. The van der Waals surface area contributed by atoms with Crippen LogP contribution in [0, 0.1) is 0 Å². The fourth-order valence-electron chi connectivity index (χ4n) is 3.31. The molecule has 0 aliphatic carbocycles. The first-order valence-electron chi connectivity index (χ1n) is 8.82. The molecule has 3 aromatic rings. The number of carbonyl (C=O) groups excluding carboxylic acids is 1. The Kier molecular flexibility index (Phi) is 5.17. The standard InChI is InChI=1S/C19H20N4OS2/c1-13-7-5-6-10-23(13)15(24)11-25-19-18-17(20-12-21-19)16(22-26-18)14-8-3-2-4-9-14/h2-4,8-9,12-13H,5-7,10-11H2,1H3. The lowest BCUT2D eigenvalue weighted by Crippen LogP contribution is -2.42. The number of carbonyl (C=O) groups is 1. The van der Waals surface area contributed by atoms with Crippen LogP contribution in [0.5, 0.6) is 0 Å². The second-order valence-corrected chi connectivity index (χ2v) is 8.21. The molecule has 4 rings (SSSR count). The van der Waals surface area contributed by atoms with Gasteiger partial charge in [-0.3, -0.25) is 4.79 Å². The third kappa shape index (κ3) is 3.46. The highest BCUT2D eigenvalue weighted by Gasteiger charge is 2.23. The van der Waals surface area contributed by atoms with Crippen molar-refractivity contribution >= 4 is 39.4 Å². The Hall–Kier alpha value is -1.99. The topological polar surface area (TPSA) is 59.0 Å². The summed E-state index contributed by atoms with van der Waals surface area (Å²) in [6, 6.07) is 10.4. The van der Waals surface area contributed by atoms with E-state index in [1.54, 1.807) is 6.33 Å². The molecule has 1 aliphatic heterocycles. The predicted octanol–water partition coefficient (Wildman–Crippen LogP) is 4.25. The summed E-state index contributed by atoms with van der Waals surface area (Å²) in [7, 11) is 0. The van der Waals surface area contributed by atoms with Gasteiger partial charge in [-0.15, -0.1) is 0 Å². The summed E-state index contributed by atoms with van der Waals surface area (Å²) in [5.41, 5.74) is 2.79. The molecule has 7 heteroatoms. The van der Waals surface area contributed by atoms with Gasteiger partial charge in [0.15, 0.2) is 0 Å². The van der Waals surface area contributed by atoms with Gasteiger partial charge in [-0.05, 0) is 37.7 Å². The summed E-state index contributed by atoms with van der Waals surface area (Å²) in [5, 5.41) is 0.840. The minimum absolute atomic E-state index is 0.196. The third-order valence-electron chi connectivity index (χ3n) is 4.73. The average Bonchev–Trinajstić information content (AvgIpc) is 3.12. The molecule has 1 amide bonds. The number of rotatable bonds is 4. The van der Waals surface area contributed by atoms with Gasteiger partial charge in [0.25, 0.3) is 0 Å². The van der Waals surface area contributed by atoms with Crippen molar-refractivity contribution in [1.29, 1.82) is 0 Å². The van der Waals surface area contributed by atoms with Crippen molar-refractivity contribution in [2.24, 2.45) is 0 Å². The smallest absolute Gasteiger partial charge is 0.233 e. The quantitative estimate of drug-likeness (QED) is 0.497. The van der Waals surface area contributed by atoms with Gasteiger partial charge in [-0.1, -0.05) is 42.1 Å². The molecule has 0 bridgehead atoms. The first kappa shape index (κ1) is 17.4. The maximum atomic E-state index is 12.6. The van der Waals surface area contributed by atoms with Crippen LogP contribution in [0.25, 0.3) is 21.5 Å². The number of piperidine rings is 1. The van der Waals surface area contributed by atoms with Crippen LogP contribution in [-0.4, -0.2) is 43.5 Å². The van der Waals surface area contributed by atoms with E-state index in [4.69, 9.17) is 0 Å². The molecular weight excluding hydrogens is 364 g/mol. The van der Waals surface area contributed by atoms with Crippen molar-refractivity contribution < 1.29 is 4.79 Å². The molecule has 1 atom stereocenters. The zero-order valence-corrected chi connectivity index (χ0v) is 16.2. The maximum absolute atomic E-state index is 12.6. The minimum atomic E-state index is 0.196. The molecule has 1 aliphatic rings. The Bertz CT molecular complexity index is 912. The van der Waals surface area contributed by atoms with Crippen LogP contribution in [0.3, 0.4) is 0 Å². The molecule has 134 valence electrons. The Balaban J connectivity index is 1.54. The van der Waals surface area contributed by atoms with Crippen molar-refractivity contribution in [2.45, 2.75) is 37.3 Å². The number of hydrogen-bond donors (Lipinski definition) is 0. The number of hydrogen-bond acceptors (Lipinski definition) is 6. The van der Waals surface area contributed by atoms with Crippen molar-refractivity contribution in [3.63, 3.8) is 0 Å². The Labute approximate surface area is 161 Å². The highest BCUT2D eigenvalue weighted by Crippen LogP contribution is 2.34. The number of nitrogens with zero attached hydrogens (tertiary/aromatic N) is 4. The third-order valence-corrected chi connectivity index (χ3v) is 6.67. The van der Waals surface area contributed by atoms with E-state index in [1.807, 2.05) is 35.2 Å². The van der Waals surface area contributed by atoms with E-state index < -0.39 is 0 Å². The molecule has 2 aromatic heterocycles. The molecule has 1 unspecified atom stereocenters. The normalized spacial score (nSPS) is 17.6. The molecule has 26 heavy (non-hydrogen) atoms. The van der Waals surface area contributed by atoms with Gasteiger partial charge >= 0.3 is 0 Å². The van der Waals surface area contributed by atoms with Crippen LogP contribution in [-0.2, 0) is 4.79 Å². The molecular formula is C19H20N4OS2. The molecule has 5 nitrogen and oxygen atoms in total. The first-order chi connectivity index (χ1) is 12.7. The summed E-state index contributed by atoms with van der Waals surface area (Å²) < 4.78 is 5.54. The summed E-state index contributed by atoms with van der Waals surface area (Å²) in [6.45, 7) is 3.01. The number of amides is 1. The van der Waals surface area contributed by atoms with Gasteiger partial charge in [-0.2, -0.15) is 4.37 Å². The van der Waals surface area contributed by atoms with Crippen LogP contribution < -0.4 is 0 Å². The predicted molar refractivity (Wildman–Crippen MR) is 106 cm³/mol. The summed E-state index contributed by atoms with van der Waals surface area (Å²) in [6.07, 6.45) is 4.99. The molecule has 3 heterocycles. The molecule has 0 spiro atoms. The van der Waals surface area contributed by atoms with Crippen molar-refractivity contribution in [2.75, 3.05) is 12.3 Å². The van der Waals surface area contributed by atoms with E-state index >= 15 is 0 Å². The van der Waals surface area contributed by atoms with Gasteiger partial charge in [0.05, 0.1) is 5.75 Å². The number of fused-ring (bicyclic) bond motifs is 1. The van der Waals surface area contributed by atoms with Crippen molar-refractivity contribution in [1.82, 2.24) is 19.2 Å². The average molecular weight is 385 g/mol. The second-order valence-electron chi connectivity index (χ2n) is 6.47. The first-order valence-corrected chi connectivity index (χ1v) is 10.6. The maximum Gasteiger partial charge on any atom is 0.233 e. The molecule has 1 aromatic carbocycles. The highest BCUT2D eigenvalue weighted by molar-refractivity contribution is 8.00. The molecule has 0 saturated carbocycles. The second kappa shape index (κ2) is 7.72. The molecule has 1 fully saturated rings. The van der Waals surface area contributed by atoms with Crippen LogP contribution in [0.4, 0.5) is 0 Å². The van der Waals surface area contributed by atoms with E-state index in [1.165, 1.54) is 29.7 Å². The van der Waals surface area contributed by atoms with Gasteiger partial charge in [-0.25, -0.2) is 9.97 Å². The van der Waals surface area contributed by atoms with Crippen LogP contribution in [0.1, 0.15) is 26.2 Å². The van der Waals surface area contributed by atoms with E-state index in [0.29, 0.717) is 11.8 Å². The van der Waals surface area contributed by atoms with Crippen LogP contribution >= 0.6 is 23.3 Å². The zero-order valence-electron chi connectivity index (χ0n) is 14.6. The number of thioether (sulfide) groups is 1. The monoisotopic (exact) mass is 384 g/mol. The lowest BCUT2D eigenvalue weighted by molar-refractivity contribution is -0.131. The van der Waals surface area contributed by atoms with Crippen LogP contribution in [0.15, 0.2) is 41.7 Å². The Morgan fingerprint density at radius 1 is 1.27 bits per heavy atom. The van der Waals surface area contributed by atoms with Gasteiger partial charge < -0.3 is 4.90 Å².